The van der Waals surface area contributed by atoms with Crippen LogP contribution in [-0.2, 0) is 13.1 Å². The van der Waals surface area contributed by atoms with Crippen LogP contribution >= 0.6 is 0 Å². The molecule has 43 heavy (non-hydrogen) atoms. The molecule has 2 amide bonds. The lowest BCUT2D eigenvalue weighted by Crippen LogP contribution is -2.36. The number of imidazole rings is 1. The third-order valence-electron chi connectivity index (χ3n) is 6.84. The molecule has 0 bridgehead atoms. The quantitative estimate of drug-likeness (QED) is 0.160. The molecular weight excluding hydrogens is 563 g/mol. The minimum absolute atomic E-state index is 0.00236. The number of amides is 2. The van der Waals surface area contributed by atoms with E-state index in [0.29, 0.717) is 16.7 Å². The molecule has 0 saturated carbocycles. The first-order chi connectivity index (χ1) is 20.4. The van der Waals surface area contributed by atoms with Crippen molar-refractivity contribution in [3.63, 3.8) is 0 Å². The number of anilines is 2. The number of halogens is 1. The fraction of sp³-hybridized carbons (Fsp3) is 0.138. The van der Waals surface area contributed by atoms with Crippen LogP contribution in [0.5, 0.6) is 0 Å². The number of aromatic nitrogens is 3. The number of aryl methyl sites for hydroxylation is 1. The van der Waals surface area contributed by atoms with E-state index in [9.17, 15) is 38.3 Å². The molecule has 5 N–H and O–H groups in total. The maximum atomic E-state index is 14.3. The monoisotopic (exact) mass is 586 g/mol. The van der Waals surface area contributed by atoms with E-state index in [4.69, 9.17) is 0 Å². The second kappa shape index (κ2) is 11.2. The first-order valence-corrected chi connectivity index (χ1v) is 12.8. The smallest absolute Gasteiger partial charge is 0.335 e. The molecular formula is C29H23FN6O7. The summed E-state index contributed by atoms with van der Waals surface area (Å²) in [6.07, 6.45) is 1.24. The lowest BCUT2D eigenvalue weighted by molar-refractivity contribution is 0.0695. The third kappa shape index (κ3) is 5.53. The number of carbonyl (C=O) groups excluding carboxylic acids is 2. The second-order valence-corrected chi connectivity index (χ2v) is 9.73. The van der Waals surface area contributed by atoms with Gasteiger partial charge in [0.2, 0.25) is 10.9 Å². The molecule has 0 aliphatic rings. The van der Waals surface area contributed by atoms with Gasteiger partial charge >= 0.3 is 11.7 Å². The maximum absolute atomic E-state index is 14.3. The molecule has 0 aliphatic heterocycles. The highest BCUT2D eigenvalue weighted by Crippen LogP contribution is 2.21. The number of nitrogens with one attached hydrogen (secondary N) is 4. The largest absolute Gasteiger partial charge is 0.478 e. The first-order valence-electron chi connectivity index (χ1n) is 12.8. The number of aromatic amines is 1. The van der Waals surface area contributed by atoms with Crippen LogP contribution in [0.2, 0.25) is 0 Å². The Kier molecular flexibility index (Phi) is 7.42. The van der Waals surface area contributed by atoms with Crippen molar-refractivity contribution in [2.24, 2.45) is 0 Å². The Hall–Kier alpha value is -5.92. The molecule has 3 aromatic carbocycles. The average molecular weight is 587 g/mol. The minimum atomic E-state index is -1.07. The van der Waals surface area contributed by atoms with Gasteiger partial charge in [-0.3, -0.25) is 19.2 Å². The van der Waals surface area contributed by atoms with Crippen LogP contribution in [0.3, 0.4) is 0 Å². The van der Waals surface area contributed by atoms with E-state index < -0.39 is 40.1 Å². The standard InChI is InChI=1S/C29H23FN6O7/c1-13-7-15(3-5-17(13)28(41)42)10-32-27(40)21-9-20(34-22-12-33-29(43)36(21)22)26(39)31-11-16-4-6-18(30)19(8-16)35-23-14(2)24(37)25(23)38/h3-9,12,35H,10-11H2,1-2H3,(H,31,39)(H,32,40)(H,33,43)(H,41,42). The molecule has 5 aromatic rings. The molecule has 5 rings (SSSR count). The molecule has 0 aliphatic carbocycles. The molecule has 2 heterocycles. The number of nitrogens with zero attached hydrogens (tertiary/aromatic N) is 2. The molecule has 0 unspecified atom stereocenters. The summed E-state index contributed by atoms with van der Waals surface area (Å²) < 4.78 is 15.4. The van der Waals surface area contributed by atoms with Crippen molar-refractivity contribution in [3.8, 4) is 0 Å². The highest BCUT2D eigenvalue weighted by Gasteiger charge is 2.20. The van der Waals surface area contributed by atoms with Gasteiger partial charge in [-0.1, -0.05) is 18.2 Å². The maximum Gasteiger partial charge on any atom is 0.335 e. The van der Waals surface area contributed by atoms with Crippen LogP contribution in [-0.4, -0.2) is 37.3 Å². The van der Waals surface area contributed by atoms with E-state index in [2.05, 4.69) is 25.9 Å². The molecule has 0 saturated heterocycles. The summed E-state index contributed by atoms with van der Waals surface area (Å²) >= 11 is 0. The number of carbonyl (C=O) groups is 3. The van der Waals surface area contributed by atoms with Crippen molar-refractivity contribution in [3.05, 3.63) is 125 Å². The normalized spacial score (nSPS) is 11.0. The predicted molar refractivity (Wildman–Crippen MR) is 152 cm³/mol. The van der Waals surface area contributed by atoms with Gasteiger partial charge < -0.3 is 26.0 Å². The molecule has 2 aromatic heterocycles. The van der Waals surface area contributed by atoms with E-state index in [-0.39, 0.29) is 52.6 Å². The zero-order chi connectivity index (χ0) is 31.0. The van der Waals surface area contributed by atoms with Crippen molar-refractivity contribution in [2.45, 2.75) is 26.9 Å². The Labute approximate surface area is 240 Å². The minimum Gasteiger partial charge on any atom is -0.478 e. The molecule has 0 atom stereocenters. The van der Waals surface area contributed by atoms with E-state index >= 15 is 0 Å². The number of fused-ring (bicyclic) bond motifs is 1. The predicted octanol–water partition coefficient (Wildman–Crippen LogP) is 1.68. The summed E-state index contributed by atoms with van der Waals surface area (Å²) in [6, 6.07) is 9.68. The number of carboxylic acids is 1. The van der Waals surface area contributed by atoms with E-state index in [1.165, 1.54) is 31.3 Å². The lowest BCUT2D eigenvalue weighted by Gasteiger charge is -2.13. The second-order valence-electron chi connectivity index (χ2n) is 9.73. The van der Waals surface area contributed by atoms with Gasteiger partial charge in [0.25, 0.3) is 11.8 Å². The zero-order valence-electron chi connectivity index (χ0n) is 22.7. The Morgan fingerprint density at radius 2 is 1.60 bits per heavy atom. The number of H-pyrrole nitrogens is 1. The number of aromatic carboxylic acids is 1. The number of benzene rings is 2. The number of carboxylic acid groups (broad SMARTS) is 1. The molecule has 14 heteroatoms. The summed E-state index contributed by atoms with van der Waals surface area (Å²) in [5.74, 6) is -3.12. The van der Waals surface area contributed by atoms with Crippen LogP contribution in [0.25, 0.3) is 5.65 Å². The summed E-state index contributed by atoms with van der Waals surface area (Å²) in [5.41, 5.74) is -0.511. The van der Waals surface area contributed by atoms with Gasteiger partial charge in [0, 0.05) is 24.8 Å². The van der Waals surface area contributed by atoms with Gasteiger partial charge in [-0.15, -0.1) is 0 Å². The third-order valence-corrected chi connectivity index (χ3v) is 6.84. The molecule has 218 valence electrons. The SMILES string of the molecule is Cc1cc(CNC(=O)c2cc(C(=O)NCc3ccc(F)c(Nc4c(C)c(=O)c4=O)c3)nc3c[nH]c(=O)n23)ccc1C(=O)O. The Balaban J connectivity index is 1.33. The summed E-state index contributed by atoms with van der Waals surface area (Å²) in [6.45, 7) is 3.01. The number of rotatable bonds is 9. The van der Waals surface area contributed by atoms with Crippen molar-refractivity contribution >= 4 is 34.8 Å². The van der Waals surface area contributed by atoms with Crippen LogP contribution in [0.15, 0.2) is 63.0 Å². The molecule has 13 nitrogen and oxygen atoms in total. The fourth-order valence-electron chi connectivity index (χ4n) is 4.50. The molecule has 0 fully saturated rings. The summed E-state index contributed by atoms with van der Waals surface area (Å²) in [4.78, 5) is 79.6. The van der Waals surface area contributed by atoms with Crippen molar-refractivity contribution in [1.29, 1.82) is 0 Å². The zero-order valence-corrected chi connectivity index (χ0v) is 22.7. The lowest BCUT2D eigenvalue weighted by atomic mass is 10.1. The topological polar surface area (TPSA) is 192 Å². The summed E-state index contributed by atoms with van der Waals surface area (Å²) in [5, 5.41) is 17.1. The van der Waals surface area contributed by atoms with Gasteiger partial charge in [0.05, 0.1) is 16.9 Å². The van der Waals surface area contributed by atoms with Crippen molar-refractivity contribution in [1.82, 2.24) is 25.0 Å². The van der Waals surface area contributed by atoms with E-state index in [0.717, 1.165) is 16.5 Å². The average Bonchev–Trinajstić information content (AvgIpc) is 3.37. The van der Waals surface area contributed by atoms with Gasteiger partial charge in [0.1, 0.15) is 17.2 Å². The highest BCUT2D eigenvalue weighted by molar-refractivity contribution is 5.98. The first kappa shape index (κ1) is 28.6. The van der Waals surface area contributed by atoms with Crippen LogP contribution in [0, 0.1) is 19.7 Å². The van der Waals surface area contributed by atoms with Crippen molar-refractivity contribution in [2.75, 3.05) is 5.32 Å². The highest BCUT2D eigenvalue weighted by atomic mass is 19.1. The van der Waals surface area contributed by atoms with Gasteiger partial charge in [-0.2, -0.15) is 0 Å². The Morgan fingerprint density at radius 1 is 0.930 bits per heavy atom. The van der Waals surface area contributed by atoms with Crippen LogP contribution in [0.4, 0.5) is 15.8 Å². The number of hydrogen-bond acceptors (Lipinski definition) is 8. The Morgan fingerprint density at radius 3 is 2.28 bits per heavy atom. The van der Waals surface area contributed by atoms with E-state index in [1.54, 1.807) is 19.1 Å². The Bertz CT molecular complexity index is 2090. The van der Waals surface area contributed by atoms with E-state index in [1.807, 2.05) is 0 Å². The van der Waals surface area contributed by atoms with Crippen LogP contribution in [0.1, 0.15) is 53.6 Å². The van der Waals surface area contributed by atoms with Crippen molar-refractivity contribution < 1.29 is 23.9 Å². The fourth-order valence-corrected chi connectivity index (χ4v) is 4.50. The summed E-state index contributed by atoms with van der Waals surface area (Å²) in [7, 11) is 0. The van der Waals surface area contributed by atoms with Gasteiger partial charge in [-0.05, 0) is 54.8 Å². The van der Waals surface area contributed by atoms with Crippen LogP contribution < -0.4 is 32.5 Å². The number of hydrogen-bond donors (Lipinski definition) is 5. The van der Waals surface area contributed by atoms with Gasteiger partial charge in [-0.25, -0.2) is 23.4 Å². The molecule has 0 radical (unpaired) electrons. The van der Waals surface area contributed by atoms with Gasteiger partial charge in [0.15, 0.2) is 5.65 Å². The molecule has 0 spiro atoms.